The van der Waals surface area contributed by atoms with Crippen LogP contribution in [0, 0.1) is 0 Å². The zero-order valence-electron chi connectivity index (χ0n) is 12.0. The first-order chi connectivity index (χ1) is 11.4. The zero-order valence-corrected chi connectivity index (χ0v) is 12.0. The molecule has 0 amide bonds. The molecule has 0 fully saturated rings. The van der Waals surface area contributed by atoms with Crippen LogP contribution in [0.4, 0.5) is 24.5 Å². The van der Waals surface area contributed by atoms with Gasteiger partial charge in [-0.2, -0.15) is 23.2 Å². The predicted molar refractivity (Wildman–Crippen MR) is 81.5 cm³/mol. The highest BCUT2D eigenvalue weighted by Crippen LogP contribution is 2.31. The van der Waals surface area contributed by atoms with Crippen molar-refractivity contribution in [1.82, 2.24) is 4.98 Å². The Bertz CT molecular complexity index is 838. The van der Waals surface area contributed by atoms with Crippen molar-refractivity contribution in [3.8, 4) is 0 Å². The summed E-state index contributed by atoms with van der Waals surface area (Å²) in [6, 6.07) is 9.82. The van der Waals surface area contributed by atoms with Gasteiger partial charge >= 0.3 is 12.1 Å². The number of halogens is 3. The Kier molecular flexibility index (Phi) is 5.23. The molecule has 0 saturated carbocycles. The van der Waals surface area contributed by atoms with Crippen molar-refractivity contribution in [1.29, 1.82) is 0 Å². The van der Waals surface area contributed by atoms with Crippen molar-refractivity contribution < 1.29 is 23.1 Å². The Hall–Kier alpha value is -3.25. The van der Waals surface area contributed by atoms with Gasteiger partial charge in [-0.1, -0.05) is 6.07 Å². The molecule has 1 N–H and O–H groups in total. The van der Waals surface area contributed by atoms with Gasteiger partial charge in [-0.15, -0.1) is 0 Å². The molecule has 1 aromatic carbocycles. The van der Waals surface area contributed by atoms with E-state index in [4.69, 9.17) is 5.11 Å². The number of carboxylic acid groups (broad SMARTS) is 1. The number of aliphatic imine (C=N–C) groups is 2. The van der Waals surface area contributed by atoms with Crippen LogP contribution >= 0.6 is 0 Å². The summed E-state index contributed by atoms with van der Waals surface area (Å²) in [6.07, 6.45) is -0.871. The van der Waals surface area contributed by atoms with Crippen LogP contribution in [0.1, 0.15) is 11.3 Å². The molecular weight excluding hydrogens is 323 g/mol. The van der Waals surface area contributed by atoms with E-state index in [1.165, 1.54) is 24.4 Å². The highest BCUT2D eigenvalue weighted by atomic mass is 19.4. The number of aromatic nitrogens is 1. The first kappa shape index (κ1) is 17.1. The summed E-state index contributed by atoms with van der Waals surface area (Å²) in [7, 11) is 0. The second-order valence-electron chi connectivity index (χ2n) is 4.45. The molecule has 0 bridgehead atoms. The molecule has 24 heavy (non-hydrogen) atoms. The van der Waals surface area contributed by atoms with E-state index in [9.17, 15) is 18.0 Å². The lowest BCUT2D eigenvalue weighted by molar-refractivity contribution is -0.137. The molecule has 0 aliphatic heterocycles. The van der Waals surface area contributed by atoms with Crippen molar-refractivity contribution in [2.24, 2.45) is 9.98 Å². The number of carbonyl (C=O) groups is 1. The Labute approximate surface area is 134 Å². The molecule has 0 atom stereocenters. The summed E-state index contributed by atoms with van der Waals surface area (Å²) in [5.41, 5.74) is -0.227. The van der Waals surface area contributed by atoms with Gasteiger partial charge in [-0.05, 0) is 36.4 Å². The van der Waals surface area contributed by atoms with Crippen molar-refractivity contribution >= 4 is 29.4 Å². The minimum atomic E-state index is -4.46. The number of hydrogen-bond acceptors (Lipinski definition) is 4. The summed E-state index contributed by atoms with van der Waals surface area (Å²) >= 11 is 0. The largest absolute Gasteiger partial charge is 0.478 e. The maximum atomic E-state index is 12.6. The van der Waals surface area contributed by atoms with E-state index in [0.29, 0.717) is 0 Å². The summed E-state index contributed by atoms with van der Waals surface area (Å²) in [5.74, 6) is -1.15. The van der Waals surface area contributed by atoms with Gasteiger partial charge in [0.15, 0.2) is 0 Å². The van der Waals surface area contributed by atoms with Gasteiger partial charge in [0.05, 0.1) is 16.9 Å². The van der Waals surface area contributed by atoms with Crippen LogP contribution in [0.15, 0.2) is 58.7 Å². The lowest BCUT2D eigenvalue weighted by Gasteiger charge is -2.05. The van der Waals surface area contributed by atoms with Crippen LogP contribution in [-0.4, -0.2) is 22.1 Å². The van der Waals surface area contributed by atoms with Crippen LogP contribution < -0.4 is 0 Å². The lowest BCUT2D eigenvalue weighted by Crippen LogP contribution is -2.03. The predicted octanol–water partition coefficient (Wildman–Crippen LogP) is 4.34. The monoisotopic (exact) mass is 333 g/mol. The van der Waals surface area contributed by atoms with Crippen LogP contribution in [0.3, 0.4) is 0 Å². The van der Waals surface area contributed by atoms with Gasteiger partial charge < -0.3 is 5.11 Å². The van der Waals surface area contributed by atoms with E-state index in [1.54, 1.807) is 12.1 Å². The minimum Gasteiger partial charge on any atom is -0.478 e. The first-order valence-corrected chi connectivity index (χ1v) is 6.56. The molecule has 1 aromatic heterocycles. The highest BCUT2D eigenvalue weighted by Gasteiger charge is 2.30. The fourth-order valence-electron chi connectivity index (χ4n) is 1.67. The van der Waals surface area contributed by atoms with Gasteiger partial charge in [0, 0.05) is 12.3 Å². The number of nitrogens with zero attached hydrogens (tertiary/aromatic N) is 3. The molecule has 0 saturated heterocycles. The molecule has 0 aliphatic carbocycles. The van der Waals surface area contributed by atoms with Crippen LogP contribution in [0.2, 0.25) is 0 Å². The average molecular weight is 333 g/mol. The van der Waals surface area contributed by atoms with E-state index < -0.39 is 17.7 Å². The van der Waals surface area contributed by atoms with E-state index >= 15 is 0 Å². The molecule has 2 aromatic rings. The standard InChI is InChI=1S/C16H10F3N3O2/c17-16(18,19)11-3-1-4-12(9-11)21-10-22-13-5-2-8-20-14(13)6-7-15(23)24/h1-9H,(H,23,24)/b7-6+. The van der Waals surface area contributed by atoms with Crippen LogP contribution in [-0.2, 0) is 11.0 Å². The fourth-order valence-corrected chi connectivity index (χ4v) is 1.67. The van der Waals surface area contributed by atoms with Crippen molar-refractivity contribution in [3.05, 3.63) is 59.9 Å². The average Bonchev–Trinajstić information content (AvgIpc) is 2.53. The molecule has 0 radical (unpaired) electrons. The minimum absolute atomic E-state index is 0.0418. The van der Waals surface area contributed by atoms with Gasteiger partial charge in [-0.25, -0.2) is 4.79 Å². The molecule has 0 spiro atoms. The van der Waals surface area contributed by atoms with Gasteiger partial charge in [-0.3, -0.25) is 4.98 Å². The number of hydrogen-bond donors (Lipinski definition) is 1. The van der Waals surface area contributed by atoms with E-state index in [-0.39, 0.29) is 17.1 Å². The first-order valence-electron chi connectivity index (χ1n) is 6.56. The second kappa shape index (κ2) is 7.34. The normalized spacial score (nSPS) is 11.1. The zero-order chi connectivity index (χ0) is 17.6. The Morgan fingerprint density at radius 2 is 2.00 bits per heavy atom. The molecule has 0 unspecified atom stereocenters. The summed E-state index contributed by atoms with van der Waals surface area (Å²) in [6.45, 7) is 0. The topological polar surface area (TPSA) is 74.9 Å². The lowest BCUT2D eigenvalue weighted by atomic mass is 10.2. The van der Waals surface area contributed by atoms with E-state index in [0.717, 1.165) is 18.2 Å². The number of alkyl halides is 3. The van der Waals surface area contributed by atoms with Crippen molar-refractivity contribution in [2.45, 2.75) is 6.18 Å². The summed E-state index contributed by atoms with van der Waals surface area (Å²) in [4.78, 5) is 22.1. The molecule has 0 aliphatic rings. The highest BCUT2D eigenvalue weighted by molar-refractivity contribution is 5.86. The smallest absolute Gasteiger partial charge is 0.416 e. The molecular formula is C16H10F3N3O2. The molecule has 2 rings (SSSR count). The summed E-state index contributed by atoms with van der Waals surface area (Å²) < 4.78 is 37.8. The number of pyridine rings is 1. The fraction of sp³-hybridized carbons (Fsp3) is 0.0625. The number of rotatable bonds is 4. The van der Waals surface area contributed by atoms with Crippen molar-refractivity contribution in [2.75, 3.05) is 0 Å². The molecule has 122 valence electrons. The quantitative estimate of drug-likeness (QED) is 0.668. The Balaban J connectivity index is 2.28. The van der Waals surface area contributed by atoms with E-state index in [1.807, 2.05) is 0 Å². The molecule has 5 nitrogen and oxygen atoms in total. The third-order valence-electron chi connectivity index (χ3n) is 2.72. The van der Waals surface area contributed by atoms with Crippen LogP contribution in [0.25, 0.3) is 6.08 Å². The maximum Gasteiger partial charge on any atom is 0.416 e. The van der Waals surface area contributed by atoms with Crippen LogP contribution in [0.5, 0.6) is 0 Å². The SMILES string of the molecule is O=C(O)/C=C/c1ncccc1N=C=Nc1cccc(C(F)(F)F)c1. The molecule has 1 heterocycles. The third-order valence-corrected chi connectivity index (χ3v) is 2.72. The van der Waals surface area contributed by atoms with Gasteiger partial charge in [0.25, 0.3) is 0 Å². The molecule has 8 heteroatoms. The number of carboxylic acids is 1. The number of benzene rings is 1. The number of aliphatic carboxylic acids is 1. The Morgan fingerprint density at radius 3 is 2.71 bits per heavy atom. The maximum absolute atomic E-state index is 12.6. The third kappa shape index (κ3) is 4.89. The van der Waals surface area contributed by atoms with E-state index in [2.05, 4.69) is 21.0 Å². The summed E-state index contributed by atoms with van der Waals surface area (Å²) in [5, 5.41) is 8.61. The van der Waals surface area contributed by atoms with Gasteiger partial charge in [0.2, 0.25) is 0 Å². The second-order valence-corrected chi connectivity index (χ2v) is 4.45. The Morgan fingerprint density at radius 1 is 1.21 bits per heavy atom. The van der Waals surface area contributed by atoms with Gasteiger partial charge in [0.1, 0.15) is 11.7 Å². The van der Waals surface area contributed by atoms with Crippen molar-refractivity contribution in [3.63, 3.8) is 0 Å².